The average Bonchev–Trinajstić information content (AvgIpc) is 2.87. The third-order valence-corrected chi connectivity index (χ3v) is 6.87. The van der Waals surface area contributed by atoms with Crippen molar-refractivity contribution in [2.45, 2.75) is 44.6 Å². The van der Waals surface area contributed by atoms with Crippen LogP contribution in [0.25, 0.3) is 0 Å². The van der Waals surface area contributed by atoms with E-state index in [1.165, 1.54) is 25.3 Å². The van der Waals surface area contributed by atoms with Gasteiger partial charge in [-0.2, -0.15) is 5.10 Å². The minimum atomic E-state index is -1.79. The lowest BCUT2D eigenvalue weighted by molar-refractivity contribution is -0.121. The van der Waals surface area contributed by atoms with Gasteiger partial charge >= 0.3 is 0 Å². The number of ether oxygens (including phenoxy) is 1. The SMILES string of the molecule is C=C(C)CCC(=O)N/N=C(\CO)[C@@]1(O)CCc2c(O)c3c(c(O)c2C1)C(=O)c1cccc(OC)c1C3=O. The van der Waals surface area contributed by atoms with Crippen LogP contribution < -0.4 is 10.2 Å². The molecule has 4 rings (SSSR count). The van der Waals surface area contributed by atoms with Crippen LogP contribution in [0.2, 0.25) is 0 Å². The first-order valence-corrected chi connectivity index (χ1v) is 11.7. The van der Waals surface area contributed by atoms with Crippen LogP contribution in [-0.4, -0.2) is 62.9 Å². The Morgan fingerprint density at radius 1 is 1.11 bits per heavy atom. The number of hydrogen-bond donors (Lipinski definition) is 5. The molecular weight excluding hydrogens is 480 g/mol. The lowest BCUT2D eigenvalue weighted by Crippen LogP contribution is -2.47. The number of phenolic OH excluding ortho intramolecular Hbond substituents is 2. The Balaban J connectivity index is 1.74. The summed E-state index contributed by atoms with van der Waals surface area (Å²) in [4.78, 5) is 38.8. The molecule has 2 aromatic rings. The first-order valence-electron chi connectivity index (χ1n) is 11.7. The van der Waals surface area contributed by atoms with E-state index in [1.807, 2.05) is 0 Å². The summed E-state index contributed by atoms with van der Waals surface area (Å²) in [6.07, 6.45) is 0.230. The molecule has 0 aromatic heterocycles. The van der Waals surface area contributed by atoms with Crippen LogP contribution in [0.5, 0.6) is 17.2 Å². The summed E-state index contributed by atoms with van der Waals surface area (Å²) in [6.45, 7) is 4.83. The van der Waals surface area contributed by atoms with Crippen LogP contribution in [0.1, 0.15) is 69.2 Å². The maximum absolute atomic E-state index is 13.4. The van der Waals surface area contributed by atoms with Crippen molar-refractivity contribution in [3.8, 4) is 17.2 Å². The summed E-state index contributed by atoms with van der Waals surface area (Å²) < 4.78 is 5.24. The van der Waals surface area contributed by atoms with Crippen molar-refractivity contribution in [1.29, 1.82) is 0 Å². The highest BCUT2D eigenvalue weighted by atomic mass is 16.5. The van der Waals surface area contributed by atoms with E-state index in [4.69, 9.17) is 4.74 Å². The van der Waals surface area contributed by atoms with Crippen molar-refractivity contribution in [2.75, 3.05) is 13.7 Å². The molecule has 5 N–H and O–H groups in total. The molecular formula is C27H28N2O8. The number of phenols is 2. The predicted molar refractivity (Wildman–Crippen MR) is 133 cm³/mol. The van der Waals surface area contributed by atoms with Gasteiger partial charge in [-0.15, -0.1) is 6.58 Å². The predicted octanol–water partition coefficient (Wildman–Crippen LogP) is 1.92. The molecule has 0 bridgehead atoms. The number of methoxy groups -OCH3 is 1. The third-order valence-electron chi connectivity index (χ3n) is 6.87. The summed E-state index contributed by atoms with van der Waals surface area (Å²) in [6, 6.07) is 4.49. The Morgan fingerprint density at radius 3 is 2.43 bits per heavy atom. The first kappa shape index (κ1) is 26.1. The largest absolute Gasteiger partial charge is 0.507 e. The smallest absolute Gasteiger partial charge is 0.240 e. The Morgan fingerprint density at radius 2 is 1.78 bits per heavy atom. The zero-order chi connectivity index (χ0) is 27.1. The summed E-state index contributed by atoms with van der Waals surface area (Å²) in [7, 11) is 1.36. The summed E-state index contributed by atoms with van der Waals surface area (Å²) >= 11 is 0. The molecule has 0 fully saturated rings. The molecule has 0 heterocycles. The normalized spacial score (nSPS) is 18.5. The van der Waals surface area contributed by atoms with Crippen LogP contribution >= 0.6 is 0 Å². The van der Waals surface area contributed by atoms with E-state index in [0.29, 0.717) is 6.42 Å². The highest BCUT2D eigenvalue weighted by molar-refractivity contribution is 6.31. The van der Waals surface area contributed by atoms with Gasteiger partial charge in [-0.05, 0) is 32.3 Å². The molecule has 10 nitrogen and oxygen atoms in total. The van der Waals surface area contributed by atoms with Gasteiger partial charge in [0.2, 0.25) is 11.7 Å². The van der Waals surface area contributed by atoms with Gasteiger partial charge in [-0.3, -0.25) is 14.4 Å². The van der Waals surface area contributed by atoms with Crippen molar-refractivity contribution in [1.82, 2.24) is 5.43 Å². The number of allylic oxidation sites excluding steroid dienone is 1. The monoisotopic (exact) mass is 508 g/mol. The number of nitrogens with zero attached hydrogens (tertiary/aromatic N) is 1. The number of fused-ring (bicyclic) bond motifs is 3. The summed E-state index contributed by atoms with van der Waals surface area (Å²) in [5, 5.41) is 47.4. The van der Waals surface area contributed by atoms with Gasteiger partial charge in [0.15, 0.2) is 5.78 Å². The highest BCUT2D eigenvalue weighted by Gasteiger charge is 2.44. The maximum atomic E-state index is 13.4. The summed E-state index contributed by atoms with van der Waals surface area (Å²) in [5.74, 6) is -2.57. The van der Waals surface area contributed by atoms with Gasteiger partial charge in [0.25, 0.3) is 0 Å². The minimum Gasteiger partial charge on any atom is -0.507 e. The molecule has 0 spiro atoms. The average molecular weight is 509 g/mol. The van der Waals surface area contributed by atoms with Gasteiger partial charge < -0.3 is 25.2 Å². The maximum Gasteiger partial charge on any atom is 0.240 e. The van der Waals surface area contributed by atoms with E-state index in [-0.39, 0.29) is 70.5 Å². The number of hydrogen-bond acceptors (Lipinski definition) is 9. The number of carbonyl (C=O) groups excluding carboxylic acids is 3. The van der Waals surface area contributed by atoms with Crippen LogP contribution in [0, 0.1) is 0 Å². The number of carbonyl (C=O) groups is 3. The lowest BCUT2D eigenvalue weighted by atomic mass is 9.73. The molecule has 0 saturated carbocycles. The molecule has 1 atom stereocenters. The van der Waals surface area contributed by atoms with Gasteiger partial charge in [-0.1, -0.05) is 17.7 Å². The summed E-state index contributed by atoms with van der Waals surface area (Å²) in [5.41, 5.74) is 0.819. The molecule has 194 valence electrons. The Kier molecular flexibility index (Phi) is 6.90. The van der Waals surface area contributed by atoms with E-state index in [0.717, 1.165) is 5.57 Å². The molecule has 0 unspecified atom stereocenters. The second-order valence-electron chi connectivity index (χ2n) is 9.36. The second-order valence-corrected chi connectivity index (χ2v) is 9.36. The number of rotatable bonds is 7. The van der Waals surface area contributed by atoms with Gasteiger partial charge in [0.1, 0.15) is 22.8 Å². The van der Waals surface area contributed by atoms with Crippen LogP contribution in [-0.2, 0) is 17.6 Å². The van der Waals surface area contributed by atoms with E-state index >= 15 is 0 Å². The van der Waals surface area contributed by atoms with Crippen molar-refractivity contribution >= 4 is 23.2 Å². The number of aromatic hydroxyl groups is 2. The first-order chi connectivity index (χ1) is 17.5. The molecule has 2 aliphatic rings. The molecule has 10 heteroatoms. The molecule has 2 aliphatic carbocycles. The zero-order valence-corrected chi connectivity index (χ0v) is 20.6. The van der Waals surface area contributed by atoms with Crippen molar-refractivity contribution < 1.29 is 39.5 Å². The Hall–Kier alpha value is -4.02. The zero-order valence-electron chi connectivity index (χ0n) is 20.6. The number of aliphatic hydroxyl groups excluding tert-OH is 1. The number of nitrogens with one attached hydrogen (secondary N) is 1. The number of aliphatic hydroxyl groups is 2. The lowest BCUT2D eigenvalue weighted by Gasteiger charge is -2.36. The van der Waals surface area contributed by atoms with Gasteiger partial charge in [0.05, 0.1) is 36.1 Å². The molecule has 2 aromatic carbocycles. The Bertz CT molecular complexity index is 1380. The van der Waals surface area contributed by atoms with Crippen molar-refractivity contribution in [2.24, 2.45) is 5.10 Å². The van der Waals surface area contributed by atoms with Crippen LogP contribution in [0.4, 0.5) is 0 Å². The number of benzene rings is 2. The van der Waals surface area contributed by atoms with E-state index in [2.05, 4.69) is 17.1 Å². The minimum absolute atomic E-state index is 0.00137. The highest BCUT2D eigenvalue weighted by Crippen LogP contribution is 2.48. The van der Waals surface area contributed by atoms with E-state index < -0.39 is 41.2 Å². The Labute approximate surface area is 212 Å². The number of ketones is 2. The van der Waals surface area contributed by atoms with E-state index in [1.54, 1.807) is 6.92 Å². The fraction of sp³-hybridized carbons (Fsp3) is 0.333. The van der Waals surface area contributed by atoms with Crippen LogP contribution in [0.15, 0.2) is 35.5 Å². The number of amides is 1. The molecule has 37 heavy (non-hydrogen) atoms. The third kappa shape index (κ3) is 4.38. The second kappa shape index (κ2) is 9.79. The van der Waals surface area contributed by atoms with Crippen molar-refractivity contribution in [3.05, 3.63) is 63.7 Å². The molecule has 0 radical (unpaired) electrons. The van der Waals surface area contributed by atoms with Crippen LogP contribution in [0.3, 0.4) is 0 Å². The van der Waals surface area contributed by atoms with E-state index in [9.17, 15) is 34.8 Å². The molecule has 1 amide bonds. The van der Waals surface area contributed by atoms with Gasteiger partial charge in [-0.25, -0.2) is 5.43 Å². The topological polar surface area (TPSA) is 166 Å². The fourth-order valence-electron chi connectivity index (χ4n) is 4.87. The number of hydrazone groups is 1. The quantitative estimate of drug-likeness (QED) is 0.140. The standard InChI is InChI=1S/C27H28N2O8/c1-13(2)7-8-19(31)29-28-18(12-30)27(36)10-9-14-16(11-27)25(34)21-22(23(14)32)26(35)20-15(24(21)33)5-4-6-17(20)37-3/h4-6,30,32,34,36H,1,7-12H2,2-3H3,(H,29,31)/b28-18+/t27-/m1/s1. The molecule has 0 saturated heterocycles. The molecule has 0 aliphatic heterocycles. The van der Waals surface area contributed by atoms with Gasteiger partial charge in [0, 0.05) is 29.5 Å². The fourth-order valence-corrected chi connectivity index (χ4v) is 4.87. The van der Waals surface area contributed by atoms with Crippen molar-refractivity contribution in [3.63, 3.8) is 0 Å².